The smallest absolute Gasteiger partial charge is 0.272 e. The summed E-state index contributed by atoms with van der Waals surface area (Å²) in [7, 11) is 4.01. The summed E-state index contributed by atoms with van der Waals surface area (Å²) in [5, 5.41) is 12.0. The molecular formula is C31H36N8O. The maximum atomic E-state index is 13.6. The molecule has 3 N–H and O–H groups in total. The lowest BCUT2D eigenvalue weighted by Crippen LogP contribution is -2.36. The van der Waals surface area contributed by atoms with Crippen LogP contribution in [0.3, 0.4) is 0 Å². The van der Waals surface area contributed by atoms with Crippen LogP contribution in [0.5, 0.6) is 0 Å². The van der Waals surface area contributed by atoms with Gasteiger partial charge in [-0.2, -0.15) is 5.10 Å². The van der Waals surface area contributed by atoms with Crippen molar-refractivity contribution in [3.63, 3.8) is 0 Å². The van der Waals surface area contributed by atoms with Gasteiger partial charge in [-0.3, -0.25) is 14.9 Å². The predicted octanol–water partition coefficient (Wildman–Crippen LogP) is 4.64. The molecule has 9 heteroatoms. The van der Waals surface area contributed by atoms with E-state index >= 15 is 0 Å². The number of benzene rings is 2. The topological polar surface area (TPSA) is 106 Å². The molecular weight excluding hydrogens is 500 g/mol. The average molecular weight is 537 g/mol. The Balaban J connectivity index is 1.44. The molecule has 40 heavy (non-hydrogen) atoms. The number of imidazole rings is 1. The number of hydrogen-bond donors (Lipinski definition) is 3. The third kappa shape index (κ3) is 5.95. The summed E-state index contributed by atoms with van der Waals surface area (Å²) in [6, 6.07) is 16.2. The van der Waals surface area contributed by atoms with Gasteiger partial charge < -0.3 is 20.1 Å². The Kier molecular flexibility index (Phi) is 8.33. The Morgan fingerprint density at radius 3 is 2.62 bits per heavy atom. The van der Waals surface area contributed by atoms with Gasteiger partial charge in [-0.05, 0) is 62.0 Å². The number of nitrogens with one attached hydrogen (secondary N) is 3. The molecule has 9 nitrogen and oxygen atoms in total. The molecule has 0 unspecified atom stereocenters. The van der Waals surface area contributed by atoms with Gasteiger partial charge in [0.05, 0.1) is 11.7 Å². The number of amides is 1. The quantitative estimate of drug-likeness (QED) is 0.227. The van der Waals surface area contributed by atoms with Crippen molar-refractivity contribution in [1.29, 1.82) is 0 Å². The SMILES string of the molecule is CCNCc1cncc(-c2ccc3[nH]nc(-c4ncc(C(=O)N(CCN(C)C)Cc5ccccc5)[nH]4)c3c2)c1C. The van der Waals surface area contributed by atoms with Crippen LogP contribution in [0.1, 0.15) is 34.1 Å². The summed E-state index contributed by atoms with van der Waals surface area (Å²) in [5.41, 5.74) is 7.60. The second-order valence-electron chi connectivity index (χ2n) is 10.2. The number of nitrogens with zero attached hydrogens (tertiary/aromatic N) is 5. The summed E-state index contributed by atoms with van der Waals surface area (Å²) < 4.78 is 0. The Morgan fingerprint density at radius 1 is 1.02 bits per heavy atom. The first-order valence-corrected chi connectivity index (χ1v) is 13.6. The average Bonchev–Trinajstić information content (AvgIpc) is 3.62. The number of carbonyl (C=O) groups is 1. The molecule has 3 aromatic heterocycles. The van der Waals surface area contributed by atoms with E-state index in [1.807, 2.05) is 67.8 Å². The maximum absolute atomic E-state index is 13.6. The first-order chi connectivity index (χ1) is 19.4. The number of pyridine rings is 1. The van der Waals surface area contributed by atoms with Crippen molar-refractivity contribution in [3.05, 3.63) is 89.5 Å². The molecule has 2 aromatic carbocycles. The molecule has 3 heterocycles. The van der Waals surface area contributed by atoms with Crippen LogP contribution >= 0.6 is 0 Å². The third-order valence-corrected chi connectivity index (χ3v) is 7.11. The van der Waals surface area contributed by atoms with Crippen LogP contribution < -0.4 is 5.32 Å². The lowest BCUT2D eigenvalue weighted by atomic mass is 9.98. The minimum Gasteiger partial charge on any atom is -0.333 e. The fourth-order valence-electron chi connectivity index (χ4n) is 4.76. The van der Waals surface area contributed by atoms with Gasteiger partial charge in [0.2, 0.25) is 0 Å². The number of rotatable bonds is 11. The molecule has 0 aliphatic heterocycles. The van der Waals surface area contributed by atoms with Gasteiger partial charge in [-0.25, -0.2) is 4.98 Å². The van der Waals surface area contributed by atoms with Crippen LogP contribution in [0.15, 0.2) is 67.1 Å². The molecule has 0 aliphatic carbocycles. The molecule has 0 atom stereocenters. The number of carbonyl (C=O) groups excluding carboxylic acids is 1. The summed E-state index contributed by atoms with van der Waals surface area (Å²) in [6.45, 7) is 7.80. The molecule has 0 bridgehead atoms. The van der Waals surface area contributed by atoms with E-state index in [-0.39, 0.29) is 5.91 Å². The Hall–Kier alpha value is -4.34. The minimum atomic E-state index is -0.0933. The summed E-state index contributed by atoms with van der Waals surface area (Å²) in [6.07, 6.45) is 5.43. The Labute approximate surface area is 234 Å². The van der Waals surface area contributed by atoms with Crippen LogP contribution in [0.25, 0.3) is 33.5 Å². The van der Waals surface area contributed by atoms with E-state index in [0.717, 1.165) is 47.2 Å². The molecule has 5 aromatic rings. The van der Waals surface area contributed by atoms with E-state index in [2.05, 4.69) is 61.3 Å². The number of hydrogen-bond acceptors (Lipinski definition) is 6. The Morgan fingerprint density at radius 2 is 1.85 bits per heavy atom. The zero-order chi connectivity index (χ0) is 28.1. The summed E-state index contributed by atoms with van der Waals surface area (Å²) in [4.78, 5) is 29.8. The molecule has 0 spiro atoms. The van der Waals surface area contributed by atoms with Crippen molar-refractivity contribution in [1.82, 2.24) is 40.3 Å². The predicted molar refractivity (Wildman–Crippen MR) is 159 cm³/mol. The van der Waals surface area contributed by atoms with E-state index in [4.69, 9.17) is 0 Å². The van der Waals surface area contributed by atoms with Gasteiger partial charge in [-0.15, -0.1) is 0 Å². The molecule has 5 rings (SSSR count). The van der Waals surface area contributed by atoms with Gasteiger partial charge in [0.25, 0.3) is 5.91 Å². The first kappa shape index (κ1) is 27.2. The maximum Gasteiger partial charge on any atom is 0.272 e. The number of aromatic nitrogens is 5. The van der Waals surface area contributed by atoms with Crippen molar-refractivity contribution in [3.8, 4) is 22.6 Å². The normalized spacial score (nSPS) is 11.4. The van der Waals surface area contributed by atoms with Crippen LogP contribution in [-0.4, -0.2) is 74.6 Å². The van der Waals surface area contributed by atoms with Gasteiger partial charge in [0.15, 0.2) is 5.82 Å². The number of aromatic amines is 2. The molecule has 0 aliphatic rings. The van der Waals surface area contributed by atoms with Crippen LogP contribution in [0.4, 0.5) is 0 Å². The standard InChI is InChI=1S/C31H36N8O/c1-5-32-16-24-17-33-18-26(21(24)2)23-11-12-27-25(15-23)29(37-36-27)30-34-19-28(35-30)31(40)39(14-13-38(3)4)20-22-9-7-6-8-10-22/h6-12,15,17-19,32H,5,13-14,16,20H2,1-4H3,(H,34,35)(H,36,37). The highest BCUT2D eigenvalue weighted by Gasteiger charge is 2.21. The van der Waals surface area contributed by atoms with Crippen LogP contribution in [0.2, 0.25) is 0 Å². The minimum absolute atomic E-state index is 0.0933. The molecule has 0 saturated heterocycles. The Bertz CT molecular complexity index is 1590. The highest BCUT2D eigenvalue weighted by molar-refractivity contribution is 5.96. The van der Waals surface area contributed by atoms with Crippen molar-refractivity contribution in [2.75, 3.05) is 33.7 Å². The fraction of sp³-hybridized carbons (Fsp3) is 0.290. The van der Waals surface area contributed by atoms with Crippen LogP contribution in [-0.2, 0) is 13.1 Å². The van der Waals surface area contributed by atoms with Gasteiger partial charge in [-0.1, -0.05) is 43.3 Å². The molecule has 0 fully saturated rings. The first-order valence-electron chi connectivity index (χ1n) is 13.6. The van der Waals surface area contributed by atoms with Crippen LogP contribution in [0, 0.1) is 6.92 Å². The monoisotopic (exact) mass is 536 g/mol. The fourth-order valence-corrected chi connectivity index (χ4v) is 4.76. The molecule has 0 radical (unpaired) electrons. The second kappa shape index (κ2) is 12.2. The van der Waals surface area contributed by atoms with Crippen molar-refractivity contribution in [2.24, 2.45) is 0 Å². The largest absolute Gasteiger partial charge is 0.333 e. The van der Waals surface area contributed by atoms with Crippen molar-refractivity contribution in [2.45, 2.75) is 26.9 Å². The molecule has 206 valence electrons. The van der Waals surface area contributed by atoms with E-state index in [1.165, 1.54) is 11.1 Å². The summed E-state index contributed by atoms with van der Waals surface area (Å²) >= 11 is 0. The van der Waals surface area contributed by atoms with E-state index in [9.17, 15) is 4.79 Å². The lowest BCUT2D eigenvalue weighted by molar-refractivity contribution is 0.0726. The van der Waals surface area contributed by atoms with Crippen molar-refractivity contribution >= 4 is 16.8 Å². The van der Waals surface area contributed by atoms with Gasteiger partial charge >= 0.3 is 0 Å². The highest BCUT2D eigenvalue weighted by atomic mass is 16.2. The number of likely N-dealkylation sites (N-methyl/N-ethyl adjacent to an activating group) is 1. The zero-order valence-corrected chi connectivity index (χ0v) is 23.5. The lowest BCUT2D eigenvalue weighted by Gasteiger charge is -2.24. The van der Waals surface area contributed by atoms with E-state index < -0.39 is 0 Å². The molecule has 1 amide bonds. The molecule has 0 saturated carbocycles. The van der Waals surface area contributed by atoms with E-state index in [1.54, 1.807) is 6.20 Å². The van der Waals surface area contributed by atoms with E-state index in [0.29, 0.717) is 30.3 Å². The third-order valence-electron chi connectivity index (χ3n) is 7.11. The van der Waals surface area contributed by atoms with Gasteiger partial charge in [0, 0.05) is 49.5 Å². The highest BCUT2D eigenvalue weighted by Crippen LogP contribution is 2.31. The number of fused-ring (bicyclic) bond motifs is 1. The number of H-pyrrole nitrogens is 2. The summed E-state index contributed by atoms with van der Waals surface area (Å²) in [5.74, 6) is 0.457. The van der Waals surface area contributed by atoms with Crippen molar-refractivity contribution < 1.29 is 4.79 Å². The zero-order valence-electron chi connectivity index (χ0n) is 23.5. The van der Waals surface area contributed by atoms with Gasteiger partial charge in [0.1, 0.15) is 11.4 Å². The second-order valence-corrected chi connectivity index (χ2v) is 10.2.